The number of aromatic nitrogens is 2. The number of aliphatic hydroxyl groups excluding tert-OH is 1. The van der Waals surface area contributed by atoms with Crippen molar-refractivity contribution in [3.63, 3.8) is 0 Å². The Morgan fingerprint density at radius 2 is 2.25 bits per heavy atom. The van der Waals surface area contributed by atoms with Crippen molar-refractivity contribution in [3.05, 3.63) is 17.8 Å². The van der Waals surface area contributed by atoms with Gasteiger partial charge in [0.1, 0.15) is 0 Å². The lowest BCUT2D eigenvalue weighted by atomic mass is 10.1. The van der Waals surface area contributed by atoms with E-state index >= 15 is 0 Å². The fraction of sp³-hybridized carbons (Fsp3) is 0.667. The molecule has 1 aromatic rings. The topological polar surface area (TPSA) is 49.2 Å². The summed E-state index contributed by atoms with van der Waals surface area (Å²) in [6.07, 6.45) is 2.17. The van der Waals surface area contributed by atoms with Crippen molar-refractivity contribution >= 4 is 5.82 Å². The third-order valence-electron chi connectivity index (χ3n) is 3.14. The van der Waals surface area contributed by atoms with Crippen LogP contribution in [-0.4, -0.2) is 34.5 Å². The van der Waals surface area contributed by atoms with Crippen molar-refractivity contribution < 1.29 is 5.11 Å². The Kier molecular flexibility index (Phi) is 3.39. The molecule has 0 amide bonds. The van der Waals surface area contributed by atoms with Crippen LogP contribution >= 0.6 is 0 Å². The quantitative estimate of drug-likeness (QED) is 0.841. The molecule has 2 heterocycles. The normalized spacial score (nSPS) is 20.8. The predicted molar refractivity (Wildman–Crippen MR) is 63.6 cm³/mol. The lowest BCUT2D eigenvalue weighted by Gasteiger charge is -2.23. The minimum absolute atomic E-state index is 0.202. The molecule has 4 nitrogen and oxygen atoms in total. The van der Waals surface area contributed by atoms with E-state index in [0.29, 0.717) is 5.92 Å². The Morgan fingerprint density at radius 3 is 2.81 bits per heavy atom. The standard InChI is InChI=1S/C12H19N3O/c1-9(2)11-5-6-12(14-13-11)15-7-3-4-10(15)8-16/h5-6,9-10,16H,3-4,7-8H2,1-2H3. The Hall–Kier alpha value is -1.16. The maximum atomic E-state index is 9.25. The van der Waals surface area contributed by atoms with Gasteiger partial charge in [-0.1, -0.05) is 13.8 Å². The Morgan fingerprint density at radius 1 is 1.44 bits per heavy atom. The van der Waals surface area contributed by atoms with E-state index in [4.69, 9.17) is 0 Å². The smallest absolute Gasteiger partial charge is 0.151 e. The molecule has 16 heavy (non-hydrogen) atoms. The van der Waals surface area contributed by atoms with Gasteiger partial charge in [-0.05, 0) is 30.9 Å². The lowest BCUT2D eigenvalue weighted by Crippen LogP contribution is -2.32. The monoisotopic (exact) mass is 221 g/mol. The second-order valence-corrected chi connectivity index (χ2v) is 4.64. The second-order valence-electron chi connectivity index (χ2n) is 4.64. The van der Waals surface area contributed by atoms with Crippen LogP contribution in [0, 0.1) is 0 Å². The average Bonchev–Trinajstić information content (AvgIpc) is 2.77. The highest BCUT2D eigenvalue weighted by molar-refractivity contribution is 5.40. The van der Waals surface area contributed by atoms with Gasteiger partial charge in [-0.25, -0.2) is 0 Å². The first kappa shape index (κ1) is 11.3. The van der Waals surface area contributed by atoms with Crippen LogP contribution in [0.2, 0.25) is 0 Å². The van der Waals surface area contributed by atoms with Gasteiger partial charge in [-0.2, -0.15) is 5.10 Å². The zero-order valence-electron chi connectivity index (χ0n) is 9.93. The zero-order valence-corrected chi connectivity index (χ0v) is 9.93. The SMILES string of the molecule is CC(C)c1ccc(N2CCCC2CO)nn1. The molecule has 4 heteroatoms. The van der Waals surface area contributed by atoms with E-state index < -0.39 is 0 Å². The van der Waals surface area contributed by atoms with Gasteiger partial charge in [0, 0.05) is 6.54 Å². The molecule has 1 aliphatic rings. The molecule has 1 aromatic heterocycles. The van der Waals surface area contributed by atoms with E-state index in [1.807, 2.05) is 12.1 Å². The molecule has 1 unspecified atom stereocenters. The molecule has 0 bridgehead atoms. The van der Waals surface area contributed by atoms with Gasteiger partial charge in [-0.3, -0.25) is 0 Å². The highest BCUT2D eigenvalue weighted by Gasteiger charge is 2.25. The van der Waals surface area contributed by atoms with Crippen molar-refractivity contribution in [3.8, 4) is 0 Å². The first-order valence-electron chi connectivity index (χ1n) is 5.93. The largest absolute Gasteiger partial charge is 0.394 e. The van der Waals surface area contributed by atoms with Crippen LogP contribution in [-0.2, 0) is 0 Å². The second kappa shape index (κ2) is 4.78. The van der Waals surface area contributed by atoms with E-state index in [1.165, 1.54) is 0 Å². The van der Waals surface area contributed by atoms with Gasteiger partial charge in [0.15, 0.2) is 5.82 Å². The van der Waals surface area contributed by atoms with Gasteiger partial charge in [-0.15, -0.1) is 5.10 Å². The van der Waals surface area contributed by atoms with Crippen LogP contribution in [0.15, 0.2) is 12.1 Å². The predicted octanol–water partition coefficient (Wildman–Crippen LogP) is 1.56. The van der Waals surface area contributed by atoms with Gasteiger partial charge in [0.05, 0.1) is 18.3 Å². The van der Waals surface area contributed by atoms with Gasteiger partial charge in [0.25, 0.3) is 0 Å². The molecule has 88 valence electrons. The summed E-state index contributed by atoms with van der Waals surface area (Å²) in [5.74, 6) is 1.30. The summed E-state index contributed by atoms with van der Waals surface area (Å²) in [6, 6.07) is 4.26. The molecule has 0 saturated carbocycles. The molecule has 0 aliphatic carbocycles. The molecule has 1 saturated heterocycles. The van der Waals surface area contributed by atoms with E-state index in [9.17, 15) is 5.11 Å². The highest BCUT2D eigenvalue weighted by atomic mass is 16.3. The van der Waals surface area contributed by atoms with E-state index in [2.05, 4.69) is 28.9 Å². The molecule has 2 rings (SSSR count). The van der Waals surface area contributed by atoms with Crippen molar-refractivity contribution in [2.45, 2.75) is 38.6 Å². The van der Waals surface area contributed by atoms with Crippen LogP contribution in [0.3, 0.4) is 0 Å². The number of aliphatic hydroxyl groups is 1. The Balaban J connectivity index is 2.15. The molecular formula is C12H19N3O. The first-order valence-corrected chi connectivity index (χ1v) is 5.93. The number of hydrogen-bond acceptors (Lipinski definition) is 4. The summed E-state index contributed by atoms with van der Waals surface area (Å²) in [4.78, 5) is 2.15. The summed E-state index contributed by atoms with van der Waals surface area (Å²) < 4.78 is 0. The molecule has 0 spiro atoms. The fourth-order valence-electron chi connectivity index (χ4n) is 2.12. The number of rotatable bonds is 3. The fourth-order valence-corrected chi connectivity index (χ4v) is 2.12. The Bertz CT molecular complexity index is 337. The van der Waals surface area contributed by atoms with Crippen molar-refractivity contribution in [1.29, 1.82) is 0 Å². The maximum Gasteiger partial charge on any atom is 0.151 e. The molecule has 1 N–H and O–H groups in total. The molecule has 1 aliphatic heterocycles. The summed E-state index contributed by atoms with van der Waals surface area (Å²) in [5, 5.41) is 17.7. The highest BCUT2D eigenvalue weighted by Crippen LogP contribution is 2.23. The average molecular weight is 221 g/mol. The number of anilines is 1. The van der Waals surface area contributed by atoms with E-state index in [-0.39, 0.29) is 12.6 Å². The van der Waals surface area contributed by atoms with Crippen LogP contribution < -0.4 is 4.90 Å². The number of nitrogens with zero attached hydrogens (tertiary/aromatic N) is 3. The summed E-state index contributed by atoms with van der Waals surface area (Å²) in [6.45, 7) is 5.39. The van der Waals surface area contributed by atoms with Crippen molar-refractivity contribution in [1.82, 2.24) is 10.2 Å². The van der Waals surface area contributed by atoms with Crippen molar-refractivity contribution in [2.75, 3.05) is 18.1 Å². The third kappa shape index (κ3) is 2.16. The third-order valence-corrected chi connectivity index (χ3v) is 3.14. The maximum absolute atomic E-state index is 9.25. The molecule has 1 atom stereocenters. The van der Waals surface area contributed by atoms with E-state index in [0.717, 1.165) is 30.9 Å². The van der Waals surface area contributed by atoms with Gasteiger partial charge >= 0.3 is 0 Å². The van der Waals surface area contributed by atoms with Gasteiger partial charge < -0.3 is 10.0 Å². The van der Waals surface area contributed by atoms with Crippen LogP contribution in [0.5, 0.6) is 0 Å². The lowest BCUT2D eigenvalue weighted by molar-refractivity contribution is 0.266. The summed E-state index contributed by atoms with van der Waals surface area (Å²) in [5.41, 5.74) is 1.02. The van der Waals surface area contributed by atoms with Crippen LogP contribution in [0.25, 0.3) is 0 Å². The minimum Gasteiger partial charge on any atom is -0.394 e. The van der Waals surface area contributed by atoms with Gasteiger partial charge in [0.2, 0.25) is 0 Å². The molecular weight excluding hydrogens is 202 g/mol. The van der Waals surface area contributed by atoms with Crippen molar-refractivity contribution in [2.24, 2.45) is 0 Å². The first-order chi connectivity index (χ1) is 7.72. The zero-order chi connectivity index (χ0) is 11.5. The number of hydrogen-bond donors (Lipinski definition) is 1. The molecule has 0 aromatic carbocycles. The minimum atomic E-state index is 0.202. The summed E-state index contributed by atoms with van der Waals surface area (Å²) in [7, 11) is 0. The Labute approximate surface area is 96.3 Å². The van der Waals surface area contributed by atoms with Crippen LogP contribution in [0.1, 0.15) is 38.3 Å². The molecule has 0 radical (unpaired) electrons. The van der Waals surface area contributed by atoms with E-state index in [1.54, 1.807) is 0 Å². The molecule has 1 fully saturated rings. The van der Waals surface area contributed by atoms with Crippen LogP contribution in [0.4, 0.5) is 5.82 Å². The summed E-state index contributed by atoms with van der Waals surface area (Å²) >= 11 is 0.